The van der Waals surface area contributed by atoms with E-state index in [2.05, 4.69) is 0 Å². The van der Waals surface area contributed by atoms with Crippen LogP contribution in [-0.2, 0) is 20.7 Å². The van der Waals surface area contributed by atoms with Crippen LogP contribution in [0.1, 0.15) is 33.3 Å². The molecular formula is C19H28N2O6S. The van der Waals surface area contributed by atoms with Gasteiger partial charge in [-0.2, -0.15) is 4.31 Å². The Morgan fingerprint density at radius 3 is 2.71 bits per heavy atom. The first-order valence-corrected chi connectivity index (χ1v) is 9.79. The molecule has 0 aromatic heterocycles. The summed E-state index contributed by atoms with van der Waals surface area (Å²) in [5.74, 6) is 0.558. The molecule has 0 radical (unpaired) electrons. The minimum absolute atomic E-state index is 0.0385. The summed E-state index contributed by atoms with van der Waals surface area (Å²) in [6.45, 7) is 7.72. The number of hydrogen-bond acceptors (Lipinski definition) is 8. The molecule has 1 amide bonds. The lowest BCUT2D eigenvalue weighted by atomic mass is 10.0. The third-order valence-corrected chi connectivity index (χ3v) is 5.10. The van der Waals surface area contributed by atoms with Crippen LogP contribution in [-0.4, -0.2) is 59.8 Å². The molecular weight excluding hydrogens is 384 g/mol. The van der Waals surface area contributed by atoms with Crippen LogP contribution in [0.2, 0.25) is 0 Å². The van der Waals surface area contributed by atoms with Crippen molar-refractivity contribution in [2.75, 3.05) is 27.3 Å². The molecule has 8 nitrogen and oxygen atoms in total. The Hall–Kier alpha value is -1.97. The van der Waals surface area contributed by atoms with Gasteiger partial charge in [0.25, 0.3) is 0 Å². The Kier molecular flexibility index (Phi) is 7.56. The monoisotopic (exact) mass is 412 g/mol. The lowest BCUT2D eigenvalue weighted by molar-refractivity contribution is -0.144. The number of para-hydroxylation sites is 1. The van der Waals surface area contributed by atoms with Gasteiger partial charge in [-0.3, -0.25) is 4.79 Å². The van der Waals surface area contributed by atoms with Crippen LogP contribution in [0.15, 0.2) is 18.2 Å². The van der Waals surface area contributed by atoms with Gasteiger partial charge >= 0.3 is 12.1 Å². The molecule has 1 aromatic carbocycles. The molecule has 1 aliphatic heterocycles. The molecule has 9 heteroatoms. The number of carbonyl (C=O) groups excluding carboxylic acids is 2. The third-order valence-electron chi connectivity index (χ3n) is 4.07. The zero-order valence-electron chi connectivity index (χ0n) is 17.2. The topological polar surface area (TPSA) is 77.5 Å². The first kappa shape index (κ1) is 22.3. The van der Waals surface area contributed by atoms with Gasteiger partial charge in [0.1, 0.15) is 18.4 Å². The van der Waals surface area contributed by atoms with Crippen molar-refractivity contribution >= 4 is 24.2 Å². The normalized spacial score (nSPS) is 15.5. The largest absolute Gasteiger partial charge is 0.483 e. The summed E-state index contributed by atoms with van der Waals surface area (Å²) in [7, 11) is 3.08. The quantitative estimate of drug-likeness (QED) is 0.366. The Morgan fingerprint density at radius 1 is 1.36 bits per heavy atom. The molecule has 0 aliphatic carbocycles. The lowest BCUT2D eigenvalue weighted by Crippen LogP contribution is -2.38. The van der Waals surface area contributed by atoms with Gasteiger partial charge in [0.2, 0.25) is 0 Å². The van der Waals surface area contributed by atoms with Crippen molar-refractivity contribution < 1.29 is 28.5 Å². The first-order chi connectivity index (χ1) is 13.2. The summed E-state index contributed by atoms with van der Waals surface area (Å²) in [4.78, 5) is 24.4. The number of benzene rings is 1. The minimum atomic E-state index is -0.594. The van der Waals surface area contributed by atoms with Gasteiger partial charge in [0, 0.05) is 38.3 Å². The standard InChI is InChI=1S/C19H28N2O6S/c1-7-25-16(22)12-21(13(2)24-6)28-20(5)18(23)26-15-10-8-9-14-11-19(3,4)27-17(14)15/h8-10,13H,7,11-12H2,1-6H3. The molecule has 1 aromatic rings. The second kappa shape index (κ2) is 9.49. The van der Waals surface area contributed by atoms with E-state index in [0.29, 0.717) is 11.5 Å². The van der Waals surface area contributed by atoms with E-state index in [1.165, 1.54) is 11.4 Å². The highest BCUT2D eigenvalue weighted by molar-refractivity contribution is 7.95. The fraction of sp³-hybridized carbons (Fsp3) is 0.579. The Balaban J connectivity index is 2.04. The van der Waals surface area contributed by atoms with Gasteiger partial charge in [-0.05, 0) is 33.8 Å². The zero-order valence-corrected chi connectivity index (χ0v) is 18.0. The molecule has 28 heavy (non-hydrogen) atoms. The highest BCUT2D eigenvalue weighted by atomic mass is 32.2. The van der Waals surface area contributed by atoms with E-state index in [0.717, 1.165) is 24.1 Å². The van der Waals surface area contributed by atoms with Gasteiger partial charge in [-0.1, -0.05) is 12.1 Å². The number of ether oxygens (including phenoxy) is 4. The highest BCUT2D eigenvalue weighted by Crippen LogP contribution is 2.42. The average Bonchev–Trinajstić information content (AvgIpc) is 2.95. The lowest BCUT2D eigenvalue weighted by Gasteiger charge is -2.28. The fourth-order valence-electron chi connectivity index (χ4n) is 2.69. The van der Waals surface area contributed by atoms with Crippen LogP contribution < -0.4 is 9.47 Å². The van der Waals surface area contributed by atoms with Gasteiger partial charge in [0.05, 0.1) is 6.61 Å². The van der Waals surface area contributed by atoms with E-state index in [4.69, 9.17) is 18.9 Å². The smallest absolute Gasteiger partial charge is 0.426 e. The molecule has 0 N–H and O–H groups in total. The van der Waals surface area contributed by atoms with Crippen LogP contribution in [0.25, 0.3) is 0 Å². The molecule has 0 bridgehead atoms. The van der Waals surface area contributed by atoms with E-state index >= 15 is 0 Å². The summed E-state index contributed by atoms with van der Waals surface area (Å²) < 4.78 is 24.6. The predicted molar refractivity (Wildman–Crippen MR) is 106 cm³/mol. The van der Waals surface area contributed by atoms with Crippen molar-refractivity contribution in [3.63, 3.8) is 0 Å². The van der Waals surface area contributed by atoms with Gasteiger partial charge in [-0.25, -0.2) is 9.10 Å². The van der Waals surface area contributed by atoms with Crippen molar-refractivity contribution in [3.8, 4) is 11.5 Å². The van der Waals surface area contributed by atoms with Crippen molar-refractivity contribution in [2.24, 2.45) is 0 Å². The van der Waals surface area contributed by atoms with E-state index in [1.54, 1.807) is 31.3 Å². The average molecular weight is 413 g/mol. The number of carbonyl (C=O) groups is 2. The Labute approximate surface area is 170 Å². The van der Waals surface area contributed by atoms with Crippen LogP contribution in [0.3, 0.4) is 0 Å². The summed E-state index contributed by atoms with van der Waals surface area (Å²) in [5, 5.41) is 0. The second-order valence-corrected chi connectivity index (χ2v) is 8.13. The number of rotatable bonds is 8. The fourth-order valence-corrected chi connectivity index (χ4v) is 3.49. The van der Waals surface area contributed by atoms with Crippen molar-refractivity contribution in [1.82, 2.24) is 8.61 Å². The van der Waals surface area contributed by atoms with Crippen LogP contribution in [0, 0.1) is 0 Å². The number of esters is 1. The molecule has 1 heterocycles. The summed E-state index contributed by atoms with van der Waals surface area (Å²) in [6, 6.07) is 5.49. The first-order valence-electron chi connectivity index (χ1n) is 9.06. The van der Waals surface area contributed by atoms with Crippen LogP contribution >= 0.6 is 12.1 Å². The van der Waals surface area contributed by atoms with Crippen molar-refractivity contribution in [2.45, 2.75) is 45.9 Å². The maximum atomic E-state index is 12.6. The number of amides is 1. The highest BCUT2D eigenvalue weighted by Gasteiger charge is 2.33. The molecule has 0 saturated heterocycles. The summed E-state index contributed by atoms with van der Waals surface area (Å²) in [5.41, 5.74) is 0.665. The minimum Gasteiger partial charge on any atom is -0.483 e. The van der Waals surface area contributed by atoms with E-state index in [9.17, 15) is 9.59 Å². The molecule has 0 saturated carbocycles. The SMILES string of the molecule is CCOC(=O)CN(SN(C)C(=O)Oc1cccc2c1OC(C)(C)C2)C(C)OC. The molecule has 0 fully saturated rings. The molecule has 156 valence electrons. The molecule has 1 aliphatic rings. The molecule has 0 spiro atoms. The number of hydrogen-bond donors (Lipinski definition) is 0. The molecule has 1 unspecified atom stereocenters. The van der Waals surface area contributed by atoms with Crippen LogP contribution in [0.4, 0.5) is 4.79 Å². The van der Waals surface area contributed by atoms with Crippen molar-refractivity contribution in [3.05, 3.63) is 23.8 Å². The third kappa shape index (κ3) is 5.76. The van der Waals surface area contributed by atoms with E-state index < -0.39 is 18.3 Å². The summed E-state index contributed by atoms with van der Waals surface area (Å²) in [6.07, 6.45) is -0.268. The predicted octanol–water partition coefficient (Wildman–Crippen LogP) is 3.25. The van der Waals surface area contributed by atoms with E-state index in [1.807, 2.05) is 26.0 Å². The van der Waals surface area contributed by atoms with Crippen molar-refractivity contribution in [1.29, 1.82) is 0 Å². The molecule has 1 atom stereocenters. The Morgan fingerprint density at radius 2 is 2.07 bits per heavy atom. The van der Waals surface area contributed by atoms with Crippen LogP contribution in [0.5, 0.6) is 11.5 Å². The number of nitrogens with zero attached hydrogens (tertiary/aromatic N) is 2. The number of fused-ring (bicyclic) bond motifs is 1. The summed E-state index contributed by atoms with van der Waals surface area (Å²) >= 11 is 1.02. The molecule has 2 rings (SSSR count). The maximum absolute atomic E-state index is 12.6. The second-order valence-electron chi connectivity index (χ2n) is 6.95. The number of methoxy groups -OCH3 is 1. The zero-order chi connectivity index (χ0) is 20.9. The maximum Gasteiger partial charge on any atom is 0.426 e. The Bertz CT molecular complexity index is 712. The van der Waals surface area contributed by atoms with Gasteiger partial charge in [0.15, 0.2) is 11.5 Å². The van der Waals surface area contributed by atoms with Gasteiger partial charge < -0.3 is 18.9 Å². The van der Waals surface area contributed by atoms with Gasteiger partial charge in [-0.15, -0.1) is 0 Å². The van der Waals surface area contributed by atoms with E-state index in [-0.39, 0.29) is 18.8 Å².